The highest BCUT2D eigenvalue weighted by molar-refractivity contribution is 7.99. The van der Waals surface area contributed by atoms with Crippen LogP contribution in [0.5, 0.6) is 0 Å². The summed E-state index contributed by atoms with van der Waals surface area (Å²) in [6.07, 6.45) is 7.41. The Hall–Kier alpha value is -1.88. The lowest BCUT2D eigenvalue weighted by molar-refractivity contribution is 0.580. The Balaban J connectivity index is 1.92. The van der Waals surface area contributed by atoms with Crippen LogP contribution in [0.15, 0.2) is 42.7 Å². The largest absolute Gasteiger partial charge is 0.295 e. The van der Waals surface area contributed by atoms with E-state index >= 15 is 0 Å². The fraction of sp³-hybridized carbons (Fsp3) is 0.312. The summed E-state index contributed by atoms with van der Waals surface area (Å²) in [6, 6.07) is 9.93. The summed E-state index contributed by atoms with van der Waals surface area (Å²) in [5, 5.41) is 0.413. The van der Waals surface area contributed by atoms with Gasteiger partial charge in [-0.15, -0.1) is 11.8 Å². The van der Waals surface area contributed by atoms with Crippen LogP contribution < -0.4 is 0 Å². The molecule has 5 heteroatoms. The molecule has 1 atom stereocenters. The average molecular weight is 296 g/mol. The molecule has 1 aliphatic heterocycles. The molecule has 0 amide bonds. The molecular weight excluding hydrogens is 280 g/mol. The summed E-state index contributed by atoms with van der Waals surface area (Å²) in [4.78, 5) is 13.8. The summed E-state index contributed by atoms with van der Waals surface area (Å²) in [6.45, 7) is 0. The molecular formula is C16H16N4S. The molecule has 0 spiro atoms. The fourth-order valence-electron chi connectivity index (χ4n) is 2.81. The van der Waals surface area contributed by atoms with Crippen LogP contribution in [0.4, 0.5) is 0 Å². The Bertz CT molecular complexity index is 747. The molecule has 0 radical (unpaired) electrons. The molecule has 0 aromatic carbocycles. The van der Waals surface area contributed by atoms with Gasteiger partial charge in [-0.3, -0.25) is 9.55 Å². The number of hydrogen-bond acceptors (Lipinski definition) is 4. The van der Waals surface area contributed by atoms with Gasteiger partial charge in [-0.2, -0.15) is 0 Å². The maximum Gasteiger partial charge on any atom is 0.162 e. The summed E-state index contributed by atoms with van der Waals surface area (Å²) < 4.78 is 2.28. The number of imidazole rings is 1. The lowest BCUT2D eigenvalue weighted by atomic mass is 10.2. The fourth-order valence-corrected chi connectivity index (χ4v) is 4.13. The topological polar surface area (TPSA) is 43.6 Å². The van der Waals surface area contributed by atoms with Gasteiger partial charge in [0.05, 0.1) is 5.37 Å². The summed E-state index contributed by atoms with van der Waals surface area (Å²) in [5.41, 5.74) is 2.84. The second kappa shape index (κ2) is 5.48. The zero-order valence-corrected chi connectivity index (χ0v) is 12.5. The van der Waals surface area contributed by atoms with Crippen LogP contribution in [0, 0.1) is 0 Å². The zero-order chi connectivity index (χ0) is 14.1. The van der Waals surface area contributed by atoms with Crippen molar-refractivity contribution < 1.29 is 0 Å². The van der Waals surface area contributed by atoms with Gasteiger partial charge < -0.3 is 0 Å². The molecule has 4 nitrogen and oxygen atoms in total. The van der Waals surface area contributed by atoms with Crippen molar-refractivity contribution in [3.8, 4) is 11.5 Å². The number of nitrogens with zero attached hydrogens (tertiary/aromatic N) is 4. The zero-order valence-electron chi connectivity index (χ0n) is 11.6. The van der Waals surface area contributed by atoms with E-state index < -0.39 is 0 Å². The molecule has 0 bridgehead atoms. The molecule has 4 heterocycles. The maximum absolute atomic E-state index is 4.78. The molecule has 0 N–H and O–H groups in total. The number of rotatable bonds is 2. The molecule has 0 aliphatic carbocycles. The van der Waals surface area contributed by atoms with E-state index in [0.29, 0.717) is 5.37 Å². The van der Waals surface area contributed by atoms with E-state index in [4.69, 9.17) is 4.98 Å². The van der Waals surface area contributed by atoms with Crippen LogP contribution in [0.25, 0.3) is 22.7 Å². The van der Waals surface area contributed by atoms with Crippen LogP contribution in [0.2, 0.25) is 0 Å². The number of aromatic nitrogens is 4. The van der Waals surface area contributed by atoms with E-state index in [1.807, 2.05) is 54.5 Å². The molecule has 4 rings (SSSR count). The minimum absolute atomic E-state index is 0.413. The van der Waals surface area contributed by atoms with Crippen molar-refractivity contribution in [2.75, 3.05) is 5.75 Å². The minimum atomic E-state index is 0.413. The lowest BCUT2D eigenvalue weighted by Gasteiger charge is -2.24. The molecule has 1 unspecified atom stereocenters. The summed E-state index contributed by atoms with van der Waals surface area (Å²) in [7, 11) is 0. The van der Waals surface area contributed by atoms with E-state index in [0.717, 1.165) is 22.7 Å². The first-order valence-corrected chi connectivity index (χ1v) is 8.34. The van der Waals surface area contributed by atoms with E-state index in [1.165, 1.54) is 25.0 Å². The second-order valence-electron chi connectivity index (χ2n) is 5.19. The van der Waals surface area contributed by atoms with Gasteiger partial charge in [0.25, 0.3) is 0 Å². The molecule has 1 fully saturated rings. The third-order valence-electron chi connectivity index (χ3n) is 3.79. The van der Waals surface area contributed by atoms with E-state index in [9.17, 15) is 0 Å². The van der Waals surface area contributed by atoms with E-state index in [2.05, 4.69) is 14.5 Å². The van der Waals surface area contributed by atoms with Gasteiger partial charge in [-0.25, -0.2) is 9.97 Å². The van der Waals surface area contributed by atoms with Crippen molar-refractivity contribution >= 4 is 22.9 Å². The highest BCUT2D eigenvalue weighted by Crippen LogP contribution is 2.38. The highest BCUT2D eigenvalue weighted by atomic mass is 32.2. The minimum Gasteiger partial charge on any atom is -0.295 e. The normalized spacial score (nSPS) is 19.0. The van der Waals surface area contributed by atoms with Crippen LogP contribution >= 0.6 is 11.8 Å². The molecule has 0 saturated carbocycles. The van der Waals surface area contributed by atoms with Gasteiger partial charge in [0.2, 0.25) is 0 Å². The maximum atomic E-state index is 4.78. The lowest BCUT2D eigenvalue weighted by Crippen LogP contribution is -2.12. The highest BCUT2D eigenvalue weighted by Gasteiger charge is 2.23. The van der Waals surface area contributed by atoms with Crippen molar-refractivity contribution in [3.63, 3.8) is 0 Å². The smallest absolute Gasteiger partial charge is 0.162 e. The first kappa shape index (κ1) is 12.8. The Morgan fingerprint density at radius 3 is 2.81 bits per heavy atom. The summed E-state index contributed by atoms with van der Waals surface area (Å²) >= 11 is 2.00. The second-order valence-corrected chi connectivity index (χ2v) is 6.47. The van der Waals surface area contributed by atoms with Crippen molar-refractivity contribution in [2.24, 2.45) is 0 Å². The number of pyridine rings is 2. The predicted octanol–water partition coefficient (Wildman–Crippen LogP) is 3.91. The van der Waals surface area contributed by atoms with Crippen LogP contribution in [0.1, 0.15) is 24.6 Å². The van der Waals surface area contributed by atoms with Gasteiger partial charge >= 0.3 is 0 Å². The average Bonchev–Trinajstić information content (AvgIpc) is 2.96. The van der Waals surface area contributed by atoms with Gasteiger partial charge in [-0.05, 0) is 49.3 Å². The third-order valence-corrected chi connectivity index (χ3v) is 5.14. The standard InChI is InChI=1S/C16H16N4S/c1-3-9-17-12(6-1)16-19-13-7-5-10-18-15(13)20(16)14-8-2-4-11-21-14/h1,3,5-7,9-10,14H,2,4,8,11H2. The van der Waals surface area contributed by atoms with Crippen molar-refractivity contribution in [1.82, 2.24) is 19.5 Å². The van der Waals surface area contributed by atoms with Crippen LogP contribution in [0.3, 0.4) is 0 Å². The monoisotopic (exact) mass is 296 g/mol. The molecule has 21 heavy (non-hydrogen) atoms. The van der Waals surface area contributed by atoms with Gasteiger partial charge in [0.1, 0.15) is 11.2 Å². The Morgan fingerprint density at radius 2 is 2.00 bits per heavy atom. The first-order valence-electron chi connectivity index (χ1n) is 7.29. The Kier molecular flexibility index (Phi) is 3.35. The SMILES string of the molecule is c1ccc(-c2nc3cccnc3n2C2CCCCS2)nc1. The van der Waals surface area contributed by atoms with Crippen molar-refractivity contribution in [2.45, 2.75) is 24.6 Å². The molecule has 1 aliphatic rings. The van der Waals surface area contributed by atoms with E-state index in [1.54, 1.807) is 0 Å². The Labute approximate surface area is 127 Å². The number of fused-ring (bicyclic) bond motifs is 1. The van der Waals surface area contributed by atoms with E-state index in [-0.39, 0.29) is 0 Å². The van der Waals surface area contributed by atoms with Gasteiger partial charge in [0.15, 0.2) is 11.5 Å². The number of hydrogen-bond donors (Lipinski definition) is 0. The van der Waals surface area contributed by atoms with Crippen molar-refractivity contribution in [1.29, 1.82) is 0 Å². The quantitative estimate of drug-likeness (QED) is 0.719. The first-order chi connectivity index (χ1) is 10.4. The molecule has 3 aromatic heterocycles. The van der Waals surface area contributed by atoms with Crippen LogP contribution in [-0.4, -0.2) is 25.3 Å². The molecule has 3 aromatic rings. The Morgan fingerprint density at radius 1 is 1.05 bits per heavy atom. The predicted molar refractivity (Wildman–Crippen MR) is 86.1 cm³/mol. The van der Waals surface area contributed by atoms with Gasteiger partial charge in [0, 0.05) is 12.4 Å². The molecule has 1 saturated heterocycles. The molecule has 106 valence electrons. The van der Waals surface area contributed by atoms with Crippen molar-refractivity contribution in [3.05, 3.63) is 42.7 Å². The number of thioether (sulfide) groups is 1. The van der Waals surface area contributed by atoms with Gasteiger partial charge in [-0.1, -0.05) is 6.07 Å². The third kappa shape index (κ3) is 2.31. The summed E-state index contributed by atoms with van der Waals surface area (Å²) in [5.74, 6) is 2.14. The van der Waals surface area contributed by atoms with Crippen LogP contribution in [-0.2, 0) is 0 Å².